The molecule has 0 fully saturated rings. The van der Waals surface area contributed by atoms with Crippen LogP contribution < -0.4 is 10.7 Å². The van der Waals surface area contributed by atoms with Crippen LogP contribution in [-0.4, -0.2) is 28.7 Å². The van der Waals surface area contributed by atoms with Gasteiger partial charge in [0, 0.05) is 6.21 Å². The standard InChI is InChI=1S/C17H25N5O/c1-3-4-5-8-11-19-21-17(23)13-22-15-10-7-6-9-14(15)20-16(22)12-18-2/h6-7,9-11,18H,3-5,8,12-13H2,1-2H3,(H,21,23)/b19-11+. The molecule has 0 atom stereocenters. The van der Waals surface area contributed by atoms with Gasteiger partial charge in [-0.25, -0.2) is 10.4 Å². The molecule has 0 aliphatic rings. The van der Waals surface area contributed by atoms with Gasteiger partial charge in [-0.3, -0.25) is 4.79 Å². The van der Waals surface area contributed by atoms with Gasteiger partial charge in [0.15, 0.2) is 0 Å². The lowest BCUT2D eigenvalue weighted by molar-refractivity contribution is -0.121. The third-order valence-electron chi connectivity index (χ3n) is 3.59. The number of nitrogens with one attached hydrogen (secondary N) is 2. The second-order valence-electron chi connectivity index (χ2n) is 5.48. The van der Waals surface area contributed by atoms with Crippen molar-refractivity contribution in [2.24, 2.45) is 5.10 Å². The molecule has 1 aromatic carbocycles. The lowest BCUT2D eigenvalue weighted by Crippen LogP contribution is -2.25. The van der Waals surface area contributed by atoms with Gasteiger partial charge in [0.05, 0.1) is 17.6 Å². The average molecular weight is 315 g/mol. The van der Waals surface area contributed by atoms with Crippen LogP contribution in [0.25, 0.3) is 11.0 Å². The summed E-state index contributed by atoms with van der Waals surface area (Å²) in [6.07, 6.45) is 6.14. The van der Waals surface area contributed by atoms with Gasteiger partial charge < -0.3 is 9.88 Å². The molecule has 0 aliphatic carbocycles. The molecule has 6 heteroatoms. The predicted molar refractivity (Wildman–Crippen MR) is 93.3 cm³/mol. The van der Waals surface area contributed by atoms with Gasteiger partial charge in [-0.1, -0.05) is 31.9 Å². The van der Waals surface area contributed by atoms with Crippen molar-refractivity contribution in [1.82, 2.24) is 20.3 Å². The highest BCUT2D eigenvalue weighted by atomic mass is 16.2. The maximum Gasteiger partial charge on any atom is 0.260 e. The number of amides is 1. The minimum absolute atomic E-state index is 0.141. The summed E-state index contributed by atoms with van der Waals surface area (Å²) < 4.78 is 1.92. The second kappa shape index (κ2) is 9.05. The molecule has 2 N–H and O–H groups in total. The summed E-state index contributed by atoms with van der Waals surface area (Å²) >= 11 is 0. The minimum atomic E-state index is -0.141. The summed E-state index contributed by atoms with van der Waals surface area (Å²) in [5, 5.41) is 7.09. The zero-order valence-electron chi connectivity index (χ0n) is 13.9. The van der Waals surface area contributed by atoms with Crippen molar-refractivity contribution in [2.75, 3.05) is 7.05 Å². The van der Waals surface area contributed by atoms with E-state index in [-0.39, 0.29) is 12.5 Å². The SMILES string of the molecule is CCCCC/C=N/NC(=O)Cn1c(CNC)nc2ccccc21. The van der Waals surface area contributed by atoms with Crippen molar-refractivity contribution in [3.05, 3.63) is 30.1 Å². The molecular formula is C17H25N5O. The largest absolute Gasteiger partial charge is 0.317 e. The van der Waals surface area contributed by atoms with Crippen LogP contribution in [0.5, 0.6) is 0 Å². The van der Waals surface area contributed by atoms with E-state index in [1.807, 2.05) is 35.9 Å². The summed E-state index contributed by atoms with van der Waals surface area (Å²) in [6, 6.07) is 7.83. The fourth-order valence-electron chi connectivity index (χ4n) is 2.44. The van der Waals surface area contributed by atoms with Crippen LogP contribution in [-0.2, 0) is 17.9 Å². The first-order chi connectivity index (χ1) is 11.3. The van der Waals surface area contributed by atoms with Gasteiger partial charge in [-0.2, -0.15) is 5.10 Å². The van der Waals surface area contributed by atoms with Crippen molar-refractivity contribution in [1.29, 1.82) is 0 Å². The molecule has 1 heterocycles. The molecule has 23 heavy (non-hydrogen) atoms. The Kier molecular flexibility index (Phi) is 6.75. The quantitative estimate of drug-likeness (QED) is 0.424. The number of benzene rings is 1. The van der Waals surface area contributed by atoms with Crippen LogP contribution in [0.1, 0.15) is 38.4 Å². The number of hydrogen-bond donors (Lipinski definition) is 2. The van der Waals surface area contributed by atoms with Gasteiger partial charge in [-0.15, -0.1) is 0 Å². The van der Waals surface area contributed by atoms with Crippen LogP contribution in [0.3, 0.4) is 0 Å². The van der Waals surface area contributed by atoms with Gasteiger partial charge in [0.1, 0.15) is 12.4 Å². The molecule has 0 unspecified atom stereocenters. The minimum Gasteiger partial charge on any atom is -0.317 e. The van der Waals surface area contributed by atoms with Crippen molar-refractivity contribution in [3.8, 4) is 0 Å². The van der Waals surface area contributed by atoms with E-state index in [4.69, 9.17) is 0 Å². The first kappa shape index (κ1) is 17.1. The molecule has 0 saturated heterocycles. The molecule has 0 radical (unpaired) electrons. The summed E-state index contributed by atoms with van der Waals surface area (Å²) in [7, 11) is 1.87. The van der Waals surface area contributed by atoms with Gasteiger partial charge in [0.25, 0.3) is 5.91 Å². The smallest absolute Gasteiger partial charge is 0.260 e. The number of carbonyl (C=O) groups excluding carboxylic acids is 1. The number of carbonyl (C=O) groups is 1. The van der Waals surface area contributed by atoms with Gasteiger partial charge >= 0.3 is 0 Å². The highest BCUT2D eigenvalue weighted by Gasteiger charge is 2.12. The van der Waals surface area contributed by atoms with E-state index in [1.165, 1.54) is 12.8 Å². The number of hydrogen-bond acceptors (Lipinski definition) is 4. The molecule has 2 aromatic rings. The van der Waals surface area contributed by atoms with Crippen LogP contribution in [0.15, 0.2) is 29.4 Å². The Balaban J connectivity index is 1.99. The Morgan fingerprint density at radius 3 is 2.96 bits per heavy atom. The van der Waals surface area contributed by atoms with Crippen LogP contribution in [0, 0.1) is 0 Å². The summed E-state index contributed by atoms with van der Waals surface area (Å²) in [4.78, 5) is 16.7. The molecule has 1 aromatic heterocycles. The fourth-order valence-corrected chi connectivity index (χ4v) is 2.44. The molecule has 0 bridgehead atoms. The Morgan fingerprint density at radius 2 is 2.17 bits per heavy atom. The number of para-hydroxylation sites is 2. The van der Waals surface area contributed by atoms with E-state index in [0.717, 1.165) is 29.7 Å². The van der Waals surface area contributed by atoms with E-state index in [9.17, 15) is 4.79 Å². The summed E-state index contributed by atoms with van der Waals surface area (Å²) in [5.41, 5.74) is 4.45. The number of imidazole rings is 1. The van der Waals surface area contributed by atoms with Crippen molar-refractivity contribution < 1.29 is 4.79 Å². The number of fused-ring (bicyclic) bond motifs is 1. The lowest BCUT2D eigenvalue weighted by atomic mass is 10.2. The van der Waals surface area contributed by atoms with E-state index < -0.39 is 0 Å². The number of unbranched alkanes of at least 4 members (excludes halogenated alkanes) is 3. The third-order valence-corrected chi connectivity index (χ3v) is 3.59. The molecule has 6 nitrogen and oxygen atoms in total. The van der Waals surface area contributed by atoms with Crippen LogP contribution >= 0.6 is 0 Å². The van der Waals surface area contributed by atoms with E-state index in [0.29, 0.717) is 6.54 Å². The topological polar surface area (TPSA) is 71.3 Å². The lowest BCUT2D eigenvalue weighted by Gasteiger charge is -2.07. The van der Waals surface area contributed by atoms with Crippen molar-refractivity contribution >= 4 is 23.2 Å². The monoisotopic (exact) mass is 315 g/mol. The second-order valence-corrected chi connectivity index (χ2v) is 5.48. The third kappa shape index (κ3) is 4.89. The zero-order chi connectivity index (χ0) is 16.5. The normalized spacial score (nSPS) is 11.4. The number of nitrogens with zero attached hydrogens (tertiary/aromatic N) is 3. The van der Waals surface area contributed by atoms with Crippen LogP contribution in [0.4, 0.5) is 0 Å². The summed E-state index contributed by atoms with van der Waals surface area (Å²) in [6.45, 7) is 2.99. The van der Waals surface area contributed by atoms with E-state index >= 15 is 0 Å². The van der Waals surface area contributed by atoms with Crippen LogP contribution in [0.2, 0.25) is 0 Å². The first-order valence-electron chi connectivity index (χ1n) is 8.15. The molecule has 0 spiro atoms. The number of rotatable bonds is 9. The van der Waals surface area contributed by atoms with E-state index in [1.54, 1.807) is 6.21 Å². The average Bonchev–Trinajstić information content (AvgIpc) is 2.89. The molecular weight excluding hydrogens is 290 g/mol. The Morgan fingerprint density at radius 1 is 1.35 bits per heavy atom. The van der Waals surface area contributed by atoms with Crippen molar-refractivity contribution in [2.45, 2.75) is 45.7 Å². The van der Waals surface area contributed by atoms with Gasteiger partial charge in [0.2, 0.25) is 0 Å². The molecule has 2 rings (SSSR count). The molecule has 0 saturated carbocycles. The van der Waals surface area contributed by atoms with Crippen molar-refractivity contribution in [3.63, 3.8) is 0 Å². The molecule has 1 amide bonds. The molecule has 0 aliphatic heterocycles. The predicted octanol–water partition coefficient (Wildman–Crippen LogP) is 2.44. The van der Waals surface area contributed by atoms with Gasteiger partial charge in [-0.05, 0) is 32.0 Å². The Hall–Kier alpha value is -2.21. The highest BCUT2D eigenvalue weighted by molar-refractivity contribution is 5.81. The molecule has 124 valence electrons. The zero-order valence-corrected chi connectivity index (χ0v) is 13.9. The Labute approximate surface area is 137 Å². The number of hydrazone groups is 1. The summed E-state index contributed by atoms with van der Waals surface area (Å²) in [5.74, 6) is 0.702. The fraction of sp³-hybridized carbons (Fsp3) is 0.471. The Bertz CT molecular complexity index is 662. The first-order valence-corrected chi connectivity index (χ1v) is 8.15. The number of aromatic nitrogens is 2. The maximum atomic E-state index is 12.1. The highest BCUT2D eigenvalue weighted by Crippen LogP contribution is 2.15. The maximum absolute atomic E-state index is 12.1. The van der Waals surface area contributed by atoms with E-state index in [2.05, 4.69) is 27.8 Å².